The molecule has 1 unspecified atom stereocenters. The Morgan fingerprint density at radius 1 is 1.44 bits per heavy atom. The summed E-state index contributed by atoms with van der Waals surface area (Å²) in [6.07, 6.45) is 0.710. The summed E-state index contributed by atoms with van der Waals surface area (Å²) >= 11 is 1.16. The van der Waals surface area contributed by atoms with Crippen LogP contribution in [0.25, 0.3) is 0 Å². The summed E-state index contributed by atoms with van der Waals surface area (Å²) in [5.74, 6) is -1.77. The fourth-order valence-corrected chi connectivity index (χ4v) is 1.96. The van der Waals surface area contributed by atoms with Gasteiger partial charge in [-0.3, -0.25) is 4.79 Å². The number of hydrogen-bond acceptors (Lipinski definition) is 3. The second kappa shape index (κ2) is 7.33. The van der Waals surface area contributed by atoms with Gasteiger partial charge in [-0.25, -0.2) is 8.78 Å². The maximum Gasteiger partial charge on any atom is 0.230 e. The molecule has 0 saturated heterocycles. The van der Waals surface area contributed by atoms with Crippen molar-refractivity contribution in [2.24, 2.45) is 5.73 Å². The Hall–Kier alpha value is -1.14. The first-order valence-corrected chi connectivity index (χ1v) is 6.57. The van der Waals surface area contributed by atoms with Crippen molar-refractivity contribution in [3.05, 3.63) is 29.8 Å². The predicted molar refractivity (Wildman–Crippen MR) is 68.4 cm³/mol. The number of nitrogens with two attached hydrogens (primary N) is 1. The minimum atomic E-state index is -0.905. The molecule has 1 aromatic rings. The van der Waals surface area contributed by atoms with Crippen molar-refractivity contribution >= 4 is 17.7 Å². The summed E-state index contributed by atoms with van der Waals surface area (Å²) in [6, 6.07) is 3.61. The van der Waals surface area contributed by atoms with Crippen LogP contribution in [0.3, 0.4) is 0 Å². The molecule has 0 aromatic heterocycles. The topological polar surface area (TPSA) is 55.1 Å². The van der Waals surface area contributed by atoms with E-state index in [1.165, 1.54) is 6.07 Å². The van der Waals surface area contributed by atoms with Crippen molar-refractivity contribution in [2.45, 2.75) is 24.3 Å². The Balaban J connectivity index is 2.31. The zero-order chi connectivity index (χ0) is 13.5. The number of benzene rings is 1. The molecular formula is C12H16F2N2OS. The van der Waals surface area contributed by atoms with E-state index in [1.807, 2.05) is 6.92 Å². The summed E-state index contributed by atoms with van der Waals surface area (Å²) in [6.45, 7) is 2.39. The fraction of sp³-hybridized carbons (Fsp3) is 0.417. The molecule has 1 aromatic carbocycles. The highest BCUT2D eigenvalue weighted by Crippen LogP contribution is 2.19. The van der Waals surface area contributed by atoms with Crippen LogP contribution in [0.2, 0.25) is 0 Å². The summed E-state index contributed by atoms with van der Waals surface area (Å²) < 4.78 is 25.6. The highest BCUT2D eigenvalue weighted by Gasteiger charge is 2.06. The Labute approximate surface area is 109 Å². The van der Waals surface area contributed by atoms with Crippen molar-refractivity contribution in [3.63, 3.8) is 0 Å². The van der Waals surface area contributed by atoms with Gasteiger partial charge >= 0.3 is 0 Å². The van der Waals surface area contributed by atoms with Gasteiger partial charge in [-0.05, 0) is 31.5 Å². The quantitative estimate of drug-likeness (QED) is 0.779. The van der Waals surface area contributed by atoms with E-state index in [1.54, 1.807) is 0 Å². The third-order valence-electron chi connectivity index (χ3n) is 2.18. The van der Waals surface area contributed by atoms with Crippen LogP contribution >= 0.6 is 11.8 Å². The molecule has 0 aliphatic heterocycles. The van der Waals surface area contributed by atoms with Gasteiger partial charge in [-0.15, -0.1) is 11.8 Å². The average molecular weight is 274 g/mol. The Morgan fingerprint density at radius 3 is 2.78 bits per heavy atom. The van der Waals surface area contributed by atoms with Crippen molar-refractivity contribution in [3.8, 4) is 0 Å². The number of thioether (sulfide) groups is 1. The van der Waals surface area contributed by atoms with Gasteiger partial charge in [0.15, 0.2) is 11.6 Å². The molecule has 1 rings (SSSR count). The number of rotatable bonds is 6. The Morgan fingerprint density at radius 2 is 2.17 bits per heavy atom. The zero-order valence-electron chi connectivity index (χ0n) is 10.1. The highest BCUT2D eigenvalue weighted by atomic mass is 32.2. The van der Waals surface area contributed by atoms with Gasteiger partial charge in [0.05, 0.1) is 5.75 Å². The second-order valence-corrected chi connectivity index (χ2v) is 5.03. The van der Waals surface area contributed by atoms with Crippen molar-refractivity contribution in [1.82, 2.24) is 5.32 Å². The van der Waals surface area contributed by atoms with E-state index in [9.17, 15) is 13.6 Å². The molecule has 1 atom stereocenters. The zero-order valence-corrected chi connectivity index (χ0v) is 10.9. The van der Waals surface area contributed by atoms with Gasteiger partial charge in [0, 0.05) is 17.5 Å². The van der Waals surface area contributed by atoms with Crippen molar-refractivity contribution < 1.29 is 13.6 Å². The number of carbonyl (C=O) groups excluding carboxylic acids is 1. The van der Waals surface area contributed by atoms with Crippen LogP contribution in [0.5, 0.6) is 0 Å². The lowest BCUT2D eigenvalue weighted by Crippen LogP contribution is -2.30. The second-order valence-electron chi connectivity index (χ2n) is 3.98. The molecule has 3 N–H and O–H groups in total. The number of halogens is 2. The van der Waals surface area contributed by atoms with E-state index >= 15 is 0 Å². The minimum absolute atomic E-state index is 0.0455. The molecule has 1 amide bonds. The normalized spacial score (nSPS) is 12.2. The molecule has 0 radical (unpaired) electrons. The van der Waals surface area contributed by atoms with Gasteiger partial charge in [-0.1, -0.05) is 0 Å². The lowest BCUT2D eigenvalue weighted by Gasteiger charge is -2.07. The third kappa shape index (κ3) is 5.46. The predicted octanol–water partition coefficient (Wildman–Crippen LogP) is 1.91. The van der Waals surface area contributed by atoms with Crippen LogP contribution in [0, 0.1) is 11.6 Å². The number of nitrogens with one attached hydrogen (secondary N) is 1. The molecule has 6 heteroatoms. The molecular weight excluding hydrogens is 258 g/mol. The summed E-state index contributed by atoms with van der Waals surface area (Å²) in [7, 11) is 0. The number of hydrogen-bond donors (Lipinski definition) is 2. The molecule has 3 nitrogen and oxygen atoms in total. The lowest BCUT2D eigenvalue weighted by atomic mass is 10.2. The van der Waals surface area contributed by atoms with Gasteiger partial charge in [-0.2, -0.15) is 0 Å². The molecule has 0 aliphatic rings. The van der Waals surface area contributed by atoms with E-state index in [0.29, 0.717) is 17.9 Å². The summed E-state index contributed by atoms with van der Waals surface area (Å²) in [5.41, 5.74) is 5.54. The highest BCUT2D eigenvalue weighted by molar-refractivity contribution is 8.00. The van der Waals surface area contributed by atoms with E-state index in [0.717, 1.165) is 23.9 Å². The minimum Gasteiger partial charge on any atom is -0.355 e. The van der Waals surface area contributed by atoms with Gasteiger partial charge in [0.1, 0.15) is 0 Å². The monoisotopic (exact) mass is 274 g/mol. The van der Waals surface area contributed by atoms with Crippen LogP contribution < -0.4 is 11.1 Å². The fourth-order valence-electron chi connectivity index (χ4n) is 1.21. The molecule has 0 aliphatic carbocycles. The summed E-state index contributed by atoms with van der Waals surface area (Å²) in [4.78, 5) is 11.9. The maximum absolute atomic E-state index is 12.9. The standard InChI is InChI=1S/C12H16F2N2OS/c1-8(15)4-5-16-12(17)7-18-9-2-3-10(13)11(14)6-9/h2-3,6,8H,4-5,7,15H2,1H3,(H,16,17). The first-order chi connectivity index (χ1) is 8.49. The Kier molecular flexibility index (Phi) is 6.07. The van der Waals surface area contributed by atoms with Crippen LogP contribution in [-0.4, -0.2) is 24.2 Å². The maximum atomic E-state index is 12.9. The smallest absolute Gasteiger partial charge is 0.230 e. The molecule has 100 valence electrons. The first-order valence-electron chi connectivity index (χ1n) is 5.59. The van der Waals surface area contributed by atoms with E-state index < -0.39 is 11.6 Å². The number of amides is 1. The van der Waals surface area contributed by atoms with Gasteiger partial charge in [0.25, 0.3) is 0 Å². The molecule has 0 saturated carbocycles. The molecule has 0 fully saturated rings. The van der Waals surface area contributed by atoms with Gasteiger partial charge in [0.2, 0.25) is 5.91 Å². The molecule has 0 spiro atoms. The molecule has 0 bridgehead atoms. The summed E-state index contributed by atoms with van der Waals surface area (Å²) in [5, 5.41) is 2.70. The van der Waals surface area contributed by atoms with E-state index in [2.05, 4.69) is 5.32 Å². The van der Waals surface area contributed by atoms with Crippen molar-refractivity contribution in [2.75, 3.05) is 12.3 Å². The first kappa shape index (κ1) is 14.9. The van der Waals surface area contributed by atoms with Gasteiger partial charge < -0.3 is 11.1 Å². The van der Waals surface area contributed by atoms with Crippen LogP contribution in [0.4, 0.5) is 8.78 Å². The van der Waals surface area contributed by atoms with E-state index in [4.69, 9.17) is 5.73 Å². The Bertz CT molecular complexity index is 413. The molecule has 18 heavy (non-hydrogen) atoms. The lowest BCUT2D eigenvalue weighted by molar-refractivity contribution is -0.118. The SMILES string of the molecule is CC(N)CCNC(=O)CSc1ccc(F)c(F)c1. The van der Waals surface area contributed by atoms with E-state index in [-0.39, 0.29) is 17.7 Å². The molecule has 0 heterocycles. The largest absolute Gasteiger partial charge is 0.355 e. The van der Waals surface area contributed by atoms with Crippen LogP contribution in [0.1, 0.15) is 13.3 Å². The van der Waals surface area contributed by atoms with Crippen LogP contribution in [-0.2, 0) is 4.79 Å². The average Bonchev–Trinajstić information content (AvgIpc) is 2.30. The number of carbonyl (C=O) groups is 1. The van der Waals surface area contributed by atoms with Crippen molar-refractivity contribution in [1.29, 1.82) is 0 Å². The third-order valence-corrected chi connectivity index (χ3v) is 3.18. The van der Waals surface area contributed by atoms with Crippen LogP contribution in [0.15, 0.2) is 23.1 Å².